The van der Waals surface area contributed by atoms with Gasteiger partial charge in [0, 0.05) is 25.4 Å². The van der Waals surface area contributed by atoms with Crippen molar-refractivity contribution < 1.29 is 5.11 Å². The first-order chi connectivity index (χ1) is 7.19. The van der Waals surface area contributed by atoms with Crippen LogP contribution in [0.2, 0.25) is 0 Å². The Morgan fingerprint density at radius 1 is 1.53 bits per heavy atom. The van der Waals surface area contributed by atoms with Crippen LogP contribution in [0.25, 0.3) is 0 Å². The second kappa shape index (κ2) is 6.09. The van der Waals surface area contributed by atoms with E-state index in [1.54, 1.807) is 11.8 Å². The maximum atomic E-state index is 8.84. The molecule has 1 heterocycles. The number of thioether (sulfide) groups is 1. The molecule has 0 amide bonds. The number of nitrogens with zero attached hydrogens (tertiary/aromatic N) is 3. The van der Waals surface area contributed by atoms with E-state index in [-0.39, 0.29) is 6.61 Å². The first kappa shape index (κ1) is 12.5. The van der Waals surface area contributed by atoms with Crippen LogP contribution in [0, 0.1) is 6.92 Å². The molecule has 1 rings (SSSR count). The smallest absolute Gasteiger partial charge is 0.190 e. The topological polar surface area (TPSA) is 63.0 Å². The average molecular weight is 230 g/mol. The van der Waals surface area contributed by atoms with Crippen molar-refractivity contribution in [2.45, 2.75) is 24.5 Å². The Bertz CT molecular complexity index is 302. The highest BCUT2D eigenvalue weighted by atomic mass is 32.2. The van der Waals surface area contributed by atoms with Crippen LogP contribution in [0.4, 0.5) is 0 Å². The third-order valence-electron chi connectivity index (χ3n) is 2.35. The van der Waals surface area contributed by atoms with E-state index < -0.39 is 0 Å². The predicted molar refractivity (Wildman–Crippen MR) is 61.0 cm³/mol. The molecule has 0 saturated carbocycles. The van der Waals surface area contributed by atoms with Crippen LogP contribution in [0.1, 0.15) is 12.2 Å². The molecule has 0 spiro atoms. The van der Waals surface area contributed by atoms with Crippen molar-refractivity contribution >= 4 is 11.8 Å². The lowest BCUT2D eigenvalue weighted by atomic mass is 10.2. The van der Waals surface area contributed by atoms with Crippen LogP contribution >= 0.6 is 11.8 Å². The van der Waals surface area contributed by atoms with Crippen molar-refractivity contribution in [2.75, 3.05) is 19.4 Å². The van der Waals surface area contributed by atoms with Crippen molar-refractivity contribution in [3.63, 3.8) is 0 Å². The number of hydrogen-bond acceptors (Lipinski definition) is 5. The fourth-order valence-corrected chi connectivity index (χ4v) is 2.26. The van der Waals surface area contributed by atoms with Gasteiger partial charge in [0.25, 0.3) is 0 Å². The SMILES string of the molecule is CNC(CCO)CSc1nnc(C)n1C. The average Bonchev–Trinajstić information content (AvgIpc) is 2.55. The Morgan fingerprint density at radius 2 is 2.27 bits per heavy atom. The monoisotopic (exact) mass is 230 g/mol. The highest BCUT2D eigenvalue weighted by Crippen LogP contribution is 2.16. The van der Waals surface area contributed by atoms with E-state index in [1.165, 1.54) is 0 Å². The summed E-state index contributed by atoms with van der Waals surface area (Å²) in [5, 5.41) is 21.0. The molecular weight excluding hydrogens is 212 g/mol. The molecule has 0 aliphatic rings. The normalized spacial score (nSPS) is 13.1. The summed E-state index contributed by atoms with van der Waals surface area (Å²) in [4.78, 5) is 0. The molecule has 0 aliphatic heterocycles. The lowest BCUT2D eigenvalue weighted by Gasteiger charge is -2.13. The van der Waals surface area contributed by atoms with Gasteiger partial charge in [-0.3, -0.25) is 0 Å². The van der Waals surface area contributed by atoms with Crippen LogP contribution in [-0.4, -0.2) is 45.3 Å². The zero-order chi connectivity index (χ0) is 11.3. The number of aromatic nitrogens is 3. The summed E-state index contributed by atoms with van der Waals surface area (Å²) in [5.41, 5.74) is 0. The molecule has 0 radical (unpaired) electrons. The molecular formula is C9H18N4OS. The minimum atomic E-state index is 0.212. The van der Waals surface area contributed by atoms with Crippen molar-refractivity contribution in [3.05, 3.63) is 5.82 Å². The summed E-state index contributed by atoms with van der Waals surface area (Å²) in [6.45, 7) is 2.14. The molecule has 2 N–H and O–H groups in total. The van der Waals surface area contributed by atoms with Gasteiger partial charge < -0.3 is 15.0 Å². The lowest BCUT2D eigenvalue weighted by Crippen LogP contribution is -2.28. The van der Waals surface area contributed by atoms with Gasteiger partial charge in [0.05, 0.1) is 0 Å². The molecule has 5 nitrogen and oxygen atoms in total. The third-order valence-corrected chi connectivity index (χ3v) is 3.53. The second-order valence-corrected chi connectivity index (χ2v) is 4.38. The lowest BCUT2D eigenvalue weighted by molar-refractivity contribution is 0.273. The molecule has 15 heavy (non-hydrogen) atoms. The Balaban J connectivity index is 2.45. The molecule has 0 aromatic carbocycles. The largest absolute Gasteiger partial charge is 0.396 e. The summed E-state index contributed by atoms with van der Waals surface area (Å²) in [6.07, 6.45) is 0.764. The maximum Gasteiger partial charge on any atom is 0.190 e. The van der Waals surface area contributed by atoms with E-state index in [2.05, 4.69) is 15.5 Å². The van der Waals surface area contributed by atoms with Crippen molar-refractivity contribution in [2.24, 2.45) is 7.05 Å². The standard InChI is InChI=1S/C9H18N4OS/c1-7-11-12-9(13(7)3)15-6-8(10-2)4-5-14/h8,10,14H,4-6H2,1-3H3. The molecule has 86 valence electrons. The highest BCUT2D eigenvalue weighted by molar-refractivity contribution is 7.99. The Hall–Kier alpha value is -0.590. The number of nitrogens with one attached hydrogen (secondary N) is 1. The van der Waals surface area contributed by atoms with Crippen LogP contribution < -0.4 is 5.32 Å². The number of aliphatic hydroxyl groups is 1. The van der Waals surface area contributed by atoms with Crippen LogP contribution in [0.3, 0.4) is 0 Å². The van der Waals surface area contributed by atoms with Gasteiger partial charge in [0.1, 0.15) is 5.82 Å². The van der Waals surface area contributed by atoms with E-state index in [9.17, 15) is 0 Å². The summed E-state index contributed by atoms with van der Waals surface area (Å²) >= 11 is 1.66. The van der Waals surface area contributed by atoms with Crippen LogP contribution in [0.15, 0.2) is 5.16 Å². The van der Waals surface area contributed by atoms with Crippen molar-refractivity contribution in [3.8, 4) is 0 Å². The number of rotatable bonds is 6. The molecule has 1 aromatic heterocycles. The van der Waals surface area contributed by atoms with E-state index >= 15 is 0 Å². The maximum absolute atomic E-state index is 8.84. The van der Waals surface area contributed by atoms with Crippen molar-refractivity contribution in [1.29, 1.82) is 0 Å². The van der Waals surface area contributed by atoms with E-state index in [0.717, 1.165) is 23.2 Å². The van der Waals surface area contributed by atoms with Crippen LogP contribution in [-0.2, 0) is 7.05 Å². The molecule has 1 atom stereocenters. The Kier molecular flexibility index (Phi) is 5.07. The Labute approximate surface area is 94.3 Å². The van der Waals surface area contributed by atoms with Crippen molar-refractivity contribution in [1.82, 2.24) is 20.1 Å². The van der Waals surface area contributed by atoms with Gasteiger partial charge in [0.2, 0.25) is 0 Å². The van der Waals surface area contributed by atoms with E-state index in [4.69, 9.17) is 5.11 Å². The summed E-state index contributed by atoms with van der Waals surface area (Å²) in [7, 11) is 3.86. The van der Waals surface area contributed by atoms with Gasteiger partial charge in [-0.05, 0) is 20.4 Å². The quantitative estimate of drug-likeness (QED) is 0.683. The Morgan fingerprint density at radius 3 is 2.73 bits per heavy atom. The van der Waals surface area contributed by atoms with Gasteiger partial charge in [-0.1, -0.05) is 11.8 Å². The zero-order valence-electron chi connectivity index (χ0n) is 9.40. The van der Waals surface area contributed by atoms with Gasteiger partial charge >= 0.3 is 0 Å². The highest BCUT2D eigenvalue weighted by Gasteiger charge is 2.10. The second-order valence-electron chi connectivity index (χ2n) is 3.40. The summed E-state index contributed by atoms with van der Waals surface area (Å²) < 4.78 is 1.97. The molecule has 0 saturated heterocycles. The first-order valence-electron chi connectivity index (χ1n) is 4.96. The van der Waals surface area contributed by atoms with Gasteiger partial charge in [0.15, 0.2) is 5.16 Å². The fourth-order valence-electron chi connectivity index (χ4n) is 1.16. The molecule has 0 fully saturated rings. The minimum absolute atomic E-state index is 0.212. The number of aliphatic hydroxyl groups excluding tert-OH is 1. The van der Waals surface area contributed by atoms with Gasteiger partial charge in [-0.2, -0.15) is 0 Å². The van der Waals surface area contributed by atoms with Gasteiger partial charge in [-0.25, -0.2) is 0 Å². The minimum Gasteiger partial charge on any atom is -0.396 e. The molecule has 0 aliphatic carbocycles. The molecule has 6 heteroatoms. The van der Waals surface area contributed by atoms with E-state index in [0.29, 0.717) is 6.04 Å². The van der Waals surface area contributed by atoms with E-state index in [1.807, 2.05) is 25.6 Å². The fraction of sp³-hybridized carbons (Fsp3) is 0.778. The zero-order valence-corrected chi connectivity index (χ0v) is 10.2. The first-order valence-corrected chi connectivity index (χ1v) is 5.94. The summed E-state index contributed by atoms with van der Waals surface area (Å²) in [6, 6.07) is 0.317. The number of aryl methyl sites for hydroxylation is 1. The molecule has 1 unspecified atom stereocenters. The third kappa shape index (κ3) is 3.48. The van der Waals surface area contributed by atoms with Gasteiger partial charge in [-0.15, -0.1) is 10.2 Å². The number of hydrogen-bond donors (Lipinski definition) is 2. The summed E-state index contributed by atoms with van der Waals surface area (Å²) in [5.74, 6) is 1.81. The van der Waals surface area contributed by atoms with Crippen LogP contribution in [0.5, 0.6) is 0 Å². The molecule has 1 aromatic rings. The predicted octanol–water partition coefficient (Wildman–Crippen LogP) is 0.186. The molecule has 0 bridgehead atoms.